The monoisotopic (exact) mass is 312 g/mol. The first-order valence-corrected chi connectivity index (χ1v) is 7.42. The number of rotatable bonds is 3. The number of nitrogens with zero attached hydrogens (tertiary/aromatic N) is 4. The maximum Gasteiger partial charge on any atom is 0.251 e. The zero-order chi connectivity index (χ0) is 15.8. The van der Waals surface area contributed by atoms with E-state index in [0.29, 0.717) is 17.7 Å². The van der Waals surface area contributed by atoms with E-state index in [4.69, 9.17) is 4.74 Å². The molecule has 0 saturated carbocycles. The van der Waals surface area contributed by atoms with Gasteiger partial charge < -0.3 is 14.6 Å². The Morgan fingerprint density at radius 1 is 1.39 bits per heavy atom. The van der Waals surface area contributed by atoms with E-state index in [1.165, 1.54) is 0 Å². The number of aryl methyl sites for hydroxylation is 1. The molecule has 3 heterocycles. The summed E-state index contributed by atoms with van der Waals surface area (Å²) in [4.78, 5) is 16.8. The van der Waals surface area contributed by atoms with Crippen LogP contribution in [0.4, 0.5) is 0 Å². The van der Waals surface area contributed by atoms with Crippen LogP contribution in [0, 0.1) is 0 Å². The molecule has 23 heavy (non-hydrogen) atoms. The van der Waals surface area contributed by atoms with Crippen molar-refractivity contribution in [3.05, 3.63) is 42.0 Å². The van der Waals surface area contributed by atoms with Gasteiger partial charge in [0.25, 0.3) is 5.91 Å². The van der Waals surface area contributed by atoms with Gasteiger partial charge in [-0.3, -0.25) is 4.79 Å². The van der Waals surface area contributed by atoms with Crippen LogP contribution >= 0.6 is 0 Å². The molecular weight excluding hydrogens is 296 g/mol. The van der Waals surface area contributed by atoms with E-state index in [9.17, 15) is 4.79 Å². The highest BCUT2D eigenvalue weighted by Crippen LogP contribution is 2.28. The molecule has 2 atom stereocenters. The molecule has 0 aliphatic carbocycles. The van der Waals surface area contributed by atoms with Gasteiger partial charge in [0, 0.05) is 31.6 Å². The molecule has 0 bridgehead atoms. The summed E-state index contributed by atoms with van der Waals surface area (Å²) in [6, 6.07) is 5.14. The molecule has 0 spiro atoms. The maximum atomic E-state index is 12.5. The molecule has 0 radical (unpaired) electrons. The van der Waals surface area contributed by atoms with Crippen LogP contribution in [0.5, 0.6) is 0 Å². The predicted molar refractivity (Wildman–Crippen MR) is 81.7 cm³/mol. The number of hydrogen-bond acceptors (Lipinski definition) is 5. The van der Waals surface area contributed by atoms with Crippen LogP contribution in [0.25, 0.3) is 11.0 Å². The molecule has 1 fully saturated rings. The van der Waals surface area contributed by atoms with Gasteiger partial charge in [0.15, 0.2) is 0 Å². The lowest BCUT2D eigenvalue weighted by Crippen LogP contribution is -2.37. The largest absolute Gasteiger partial charge is 0.368 e. The average molecular weight is 312 g/mol. The maximum absolute atomic E-state index is 12.5. The van der Waals surface area contributed by atoms with Gasteiger partial charge in [-0.15, -0.1) is 0 Å². The number of imidazole rings is 1. The van der Waals surface area contributed by atoms with Gasteiger partial charge in [-0.25, -0.2) is 4.98 Å². The summed E-state index contributed by atoms with van der Waals surface area (Å²) in [5.41, 5.74) is 1.95. The third-order valence-electron chi connectivity index (χ3n) is 4.10. The SMILES string of the molecule is Cn1ccnc1[C@H]1OCC[C@@H]1NC(=O)c1ccc2n[nH]nc2c1. The quantitative estimate of drug-likeness (QED) is 0.750. The number of hydrogen-bond donors (Lipinski definition) is 2. The van der Waals surface area contributed by atoms with Crippen molar-refractivity contribution < 1.29 is 9.53 Å². The normalized spacial score (nSPS) is 20.9. The molecule has 0 unspecified atom stereocenters. The van der Waals surface area contributed by atoms with E-state index >= 15 is 0 Å². The Labute approximate surface area is 131 Å². The minimum atomic E-state index is -0.227. The summed E-state index contributed by atoms with van der Waals surface area (Å²) < 4.78 is 7.67. The van der Waals surface area contributed by atoms with Gasteiger partial charge in [0.05, 0.1) is 6.04 Å². The molecule has 2 aromatic heterocycles. The number of fused-ring (bicyclic) bond motifs is 1. The predicted octanol–water partition coefficient (Wildman–Crippen LogP) is 0.951. The molecule has 2 N–H and O–H groups in total. The van der Waals surface area contributed by atoms with Crippen LogP contribution < -0.4 is 5.32 Å². The molecule has 1 aliphatic rings. The molecule has 3 aromatic rings. The number of carbonyl (C=O) groups excluding carboxylic acids is 1. The molecular formula is C15H16N6O2. The fourth-order valence-electron chi connectivity index (χ4n) is 2.88. The number of aromatic amines is 1. The molecule has 1 amide bonds. The number of aromatic nitrogens is 5. The Balaban J connectivity index is 1.54. The van der Waals surface area contributed by atoms with Crippen LogP contribution in [-0.4, -0.2) is 43.5 Å². The molecule has 1 aromatic carbocycles. The van der Waals surface area contributed by atoms with Gasteiger partial charge in [-0.2, -0.15) is 15.4 Å². The molecule has 118 valence electrons. The Hall–Kier alpha value is -2.74. The highest BCUT2D eigenvalue weighted by atomic mass is 16.5. The zero-order valence-corrected chi connectivity index (χ0v) is 12.6. The Morgan fingerprint density at radius 3 is 3.09 bits per heavy atom. The van der Waals surface area contributed by atoms with E-state index in [1.807, 2.05) is 17.8 Å². The van der Waals surface area contributed by atoms with E-state index < -0.39 is 0 Å². The van der Waals surface area contributed by atoms with Crippen LogP contribution in [0.1, 0.15) is 28.7 Å². The first kappa shape index (κ1) is 13.9. The Bertz CT molecular complexity index is 854. The third-order valence-corrected chi connectivity index (χ3v) is 4.10. The summed E-state index contributed by atoms with van der Waals surface area (Å²) in [6.45, 7) is 0.602. The number of ether oxygens (including phenoxy) is 1. The summed E-state index contributed by atoms with van der Waals surface area (Å²) in [5, 5.41) is 13.6. The Kier molecular flexibility index (Phi) is 3.30. The van der Waals surface area contributed by atoms with Crippen molar-refractivity contribution in [1.82, 2.24) is 30.3 Å². The zero-order valence-electron chi connectivity index (χ0n) is 12.6. The van der Waals surface area contributed by atoms with E-state index in [1.54, 1.807) is 24.4 Å². The van der Waals surface area contributed by atoms with Crippen molar-refractivity contribution >= 4 is 16.9 Å². The lowest BCUT2D eigenvalue weighted by molar-refractivity contribution is 0.0779. The fraction of sp³-hybridized carbons (Fsp3) is 0.333. The smallest absolute Gasteiger partial charge is 0.251 e. The summed E-state index contributed by atoms with van der Waals surface area (Å²) in [6.07, 6.45) is 4.13. The molecule has 1 saturated heterocycles. The van der Waals surface area contributed by atoms with Crippen molar-refractivity contribution in [3.8, 4) is 0 Å². The molecule has 1 aliphatic heterocycles. The van der Waals surface area contributed by atoms with Gasteiger partial charge in [0.2, 0.25) is 0 Å². The van der Waals surface area contributed by atoms with Crippen LogP contribution in [0.15, 0.2) is 30.6 Å². The van der Waals surface area contributed by atoms with Crippen LogP contribution in [0.2, 0.25) is 0 Å². The van der Waals surface area contributed by atoms with Gasteiger partial charge >= 0.3 is 0 Å². The van der Waals surface area contributed by atoms with Crippen molar-refractivity contribution in [3.63, 3.8) is 0 Å². The van der Waals surface area contributed by atoms with Crippen molar-refractivity contribution in [2.24, 2.45) is 7.05 Å². The van der Waals surface area contributed by atoms with Crippen molar-refractivity contribution in [2.45, 2.75) is 18.6 Å². The minimum absolute atomic E-state index is 0.100. The first-order valence-electron chi connectivity index (χ1n) is 7.42. The number of benzene rings is 1. The number of H-pyrrole nitrogens is 1. The van der Waals surface area contributed by atoms with Gasteiger partial charge in [0.1, 0.15) is 23.0 Å². The minimum Gasteiger partial charge on any atom is -0.368 e. The standard InChI is InChI=1S/C15H16N6O2/c1-21-6-5-16-14(21)13-11(4-7-23-13)17-15(22)9-2-3-10-12(8-9)19-20-18-10/h2-3,5-6,8,11,13H,4,7H2,1H3,(H,17,22)(H,18,19,20)/t11-,13-/m0/s1. The fourth-order valence-corrected chi connectivity index (χ4v) is 2.88. The first-order chi connectivity index (χ1) is 11.2. The molecule has 8 heteroatoms. The lowest BCUT2D eigenvalue weighted by Gasteiger charge is -2.19. The second kappa shape index (κ2) is 5.47. The summed E-state index contributed by atoms with van der Waals surface area (Å²) in [7, 11) is 1.92. The average Bonchev–Trinajstić information content (AvgIpc) is 3.26. The van der Waals surface area contributed by atoms with Crippen molar-refractivity contribution in [2.75, 3.05) is 6.61 Å². The lowest BCUT2D eigenvalue weighted by atomic mass is 10.1. The number of nitrogens with one attached hydrogen (secondary N) is 2. The summed E-state index contributed by atoms with van der Waals surface area (Å²) >= 11 is 0. The van der Waals surface area contributed by atoms with Crippen LogP contribution in [-0.2, 0) is 11.8 Å². The molecule has 4 rings (SSSR count). The van der Waals surface area contributed by atoms with Gasteiger partial charge in [-0.1, -0.05) is 0 Å². The van der Waals surface area contributed by atoms with E-state index in [-0.39, 0.29) is 18.1 Å². The van der Waals surface area contributed by atoms with Crippen molar-refractivity contribution in [1.29, 1.82) is 0 Å². The van der Waals surface area contributed by atoms with Crippen LogP contribution in [0.3, 0.4) is 0 Å². The second-order valence-corrected chi connectivity index (χ2v) is 5.58. The number of amides is 1. The van der Waals surface area contributed by atoms with E-state index in [0.717, 1.165) is 17.8 Å². The Morgan fingerprint density at radius 2 is 2.26 bits per heavy atom. The highest BCUT2D eigenvalue weighted by molar-refractivity contribution is 5.97. The second-order valence-electron chi connectivity index (χ2n) is 5.58. The third kappa shape index (κ3) is 2.46. The number of carbonyl (C=O) groups is 1. The topological polar surface area (TPSA) is 97.7 Å². The van der Waals surface area contributed by atoms with E-state index in [2.05, 4.69) is 25.7 Å². The molecule has 8 nitrogen and oxygen atoms in total. The summed E-state index contributed by atoms with van der Waals surface area (Å²) in [5.74, 6) is 0.671. The highest BCUT2D eigenvalue weighted by Gasteiger charge is 2.33. The van der Waals surface area contributed by atoms with Gasteiger partial charge in [-0.05, 0) is 24.6 Å².